The first-order chi connectivity index (χ1) is 16.3. The molecule has 1 aromatic heterocycles. The Bertz CT molecular complexity index is 1380. The summed E-state index contributed by atoms with van der Waals surface area (Å²) in [5, 5.41) is 11.9. The Kier molecular flexibility index (Phi) is 5.78. The van der Waals surface area contributed by atoms with E-state index in [0.29, 0.717) is 24.9 Å². The molecule has 3 heterocycles. The van der Waals surface area contributed by atoms with Gasteiger partial charge in [0.1, 0.15) is 4.90 Å². The lowest BCUT2D eigenvalue weighted by atomic mass is 10.0. The molecule has 0 saturated carbocycles. The predicted octanol–water partition coefficient (Wildman–Crippen LogP) is 3.51. The molecule has 5 rings (SSSR count). The molecule has 1 amide bonds. The summed E-state index contributed by atoms with van der Waals surface area (Å²) < 4.78 is 28.4. The maximum Gasteiger partial charge on any atom is 0.270 e. The SMILES string of the molecule is O=C(c1cccc([N+](=O)[O-])c1)N1CCSC12CCN(S(=O)(=O)c1cccc3cccnc13)CC2. The molecule has 9 nitrogen and oxygen atoms in total. The Morgan fingerprint density at radius 2 is 1.79 bits per heavy atom. The van der Waals surface area contributed by atoms with Crippen molar-refractivity contribution in [3.05, 3.63) is 76.5 Å². The highest BCUT2D eigenvalue weighted by Gasteiger charge is 2.48. The van der Waals surface area contributed by atoms with Crippen LogP contribution >= 0.6 is 11.8 Å². The van der Waals surface area contributed by atoms with Crippen LogP contribution in [0.2, 0.25) is 0 Å². The Labute approximate surface area is 201 Å². The van der Waals surface area contributed by atoms with Gasteiger partial charge in [-0.15, -0.1) is 11.8 Å². The minimum atomic E-state index is -3.76. The van der Waals surface area contributed by atoms with Crippen LogP contribution in [0.5, 0.6) is 0 Å². The molecule has 11 heteroatoms. The van der Waals surface area contributed by atoms with Gasteiger partial charge in [-0.05, 0) is 31.0 Å². The number of amides is 1. The van der Waals surface area contributed by atoms with E-state index in [1.54, 1.807) is 47.1 Å². The Hall–Kier alpha value is -3.02. The second kappa shape index (κ2) is 8.64. The van der Waals surface area contributed by atoms with E-state index >= 15 is 0 Å². The standard InChI is InChI=1S/C23H22N4O5S2/c28-22(18-5-1-7-19(16-18)27(29)30)26-14-15-33-23(26)9-12-25(13-10-23)34(31,32)20-8-2-4-17-6-3-11-24-21(17)20/h1-8,11,16H,9-10,12-15H2. The number of nitrogens with zero attached hydrogens (tertiary/aromatic N) is 4. The third-order valence-electron chi connectivity index (χ3n) is 6.44. The molecule has 2 aliphatic rings. The number of hydrogen-bond acceptors (Lipinski definition) is 7. The number of carbonyl (C=O) groups excluding carboxylic acids is 1. The Balaban J connectivity index is 1.38. The quantitative estimate of drug-likeness (QED) is 0.399. The van der Waals surface area contributed by atoms with Crippen LogP contribution in [0.3, 0.4) is 0 Å². The molecule has 1 spiro atoms. The van der Waals surface area contributed by atoms with Crippen LogP contribution in [0.1, 0.15) is 23.2 Å². The number of nitro groups is 1. The molecule has 0 aliphatic carbocycles. The molecule has 0 atom stereocenters. The van der Waals surface area contributed by atoms with E-state index in [4.69, 9.17) is 0 Å². The predicted molar refractivity (Wildman–Crippen MR) is 129 cm³/mol. The van der Waals surface area contributed by atoms with Gasteiger partial charge in [0.15, 0.2) is 0 Å². The minimum absolute atomic E-state index is 0.128. The number of thioether (sulfide) groups is 1. The number of pyridine rings is 1. The molecule has 2 saturated heterocycles. The zero-order valence-electron chi connectivity index (χ0n) is 18.2. The minimum Gasteiger partial charge on any atom is -0.323 e. The molecule has 0 bridgehead atoms. The van der Waals surface area contributed by atoms with Crippen LogP contribution in [0.4, 0.5) is 5.69 Å². The van der Waals surface area contributed by atoms with E-state index in [-0.39, 0.29) is 35.1 Å². The van der Waals surface area contributed by atoms with Gasteiger partial charge in [-0.1, -0.05) is 24.3 Å². The first-order valence-electron chi connectivity index (χ1n) is 10.9. The van der Waals surface area contributed by atoms with E-state index in [1.165, 1.54) is 22.5 Å². The number of aromatic nitrogens is 1. The third kappa shape index (κ3) is 3.83. The summed E-state index contributed by atoms with van der Waals surface area (Å²) in [6, 6.07) is 14.5. The highest BCUT2D eigenvalue weighted by atomic mass is 32.2. The topological polar surface area (TPSA) is 114 Å². The molecule has 2 aliphatic heterocycles. The number of nitro benzene ring substituents is 1. The van der Waals surface area contributed by atoms with Crippen molar-refractivity contribution in [2.45, 2.75) is 22.6 Å². The van der Waals surface area contributed by atoms with Crippen molar-refractivity contribution in [2.75, 3.05) is 25.4 Å². The van der Waals surface area contributed by atoms with Crippen molar-refractivity contribution < 1.29 is 18.1 Å². The Morgan fingerprint density at radius 1 is 1.06 bits per heavy atom. The summed E-state index contributed by atoms with van der Waals surface area (Å²) in [6.45, 7) is 1.07. The average molecular weight is 499 g/mol. The molecular weight excluding hydrogens is 476 g/mol. The van der Waals surface area contributed by atoms with Gasteiger partial charge in [0, 0.05) is 54.7 Å². The van der Waals surface area contributed by atoms with E-state index in [1.807, 2.05) is 12.1 Å². The van der Waals surface area contributed by atoms with Crippen molar-refractivity contribution in [3.63, 3.8) is 0 Å². The molecule has 3 aromatic rings. The lowest BCUT2D eigenvalue weighted by Gasteiger charge is -2.43. The van der Waals surface area contributed by atoms with Crippen LogP contribution in [0.25, 0.3) is 10.9 Å². The number of piperidine rings is 1. The summed E-state index contributed by atoms with van der Waals surface area (Å²) in [4.78, 5) is 29.6. The molecular formula is C23H22N4O5S2. The fraction of sp³-hybridized carbons (Fsp3) is 0.304. The molecule has 176 valence electrons. The number of non-ortho nitro benzene ring substituents is 1. The van der Waals surface area contributed by atoms with Gasteiger partial charge in [0.2, 0.25) is 10.0 Å². The fourth-order valence-corrected chi connectivity index (χ4v) is 7.78. The number of fused-ring (bicyclic) bond motifs is 1. The molecule has 0 radical (unpaired) electrons. The van der Waals surface area contributed by atoms with Crippen LogP contribution in [0.15, 0.2) is 65.7 Å². The van der Waals surface area contributed by atoms with Crippen LogP contribution in [0, 0.1) is 10.1 Å². The van der Waals surface area contributed by atoms with Crippen molar-refractivity contribution >= 4 is 44.3 Å². The summed E-state index contributed by atoms with van der Waals surface area (Å²) in [5.41, 5.74) is 0.590. The molecule has 0 unspecified atom stereocenters. The maximum absolute atomic E-state index is 13.5. The van der Waals surface area contributed by atoms with E-state index in [2.05, 4.69) is 4.98 Å². The third-order valence-corrected chi connectivity index (χ3v) is 9.93. The number of hydrogen-bond donors (Lipinski definition) is 0. The van der Waals surface area contributed by atoms with E-state index in [9.17, 15) is 23.3 Å². The normalized spacial score (nSPS) is 18.4. The van der Waals surface area contributed by atoms with Gasteiger partial charge >= 0.3 is 0 Å². The lowest BCUT2D eigenvalue weighted by molar-refractivity contribution is -0.384. The van der Waals surface area contributed by atoms with Crippen molar-refractivity contribution in [1.82, 2.24) is 14.2 Å². The van der Waals surface area contributed by atoms with Crippen LogP contribution in [-0.2, 0) is 10.0 Å². The molecule has 2 fully saturated rings. The van der Waals surface area contributed by atoms with Gasteiger partial charge in [0.25, 0.3) is 11.6 Å². The first kappa shape index (κ1) is 22.8. The molecule has 2 aromatic carbocycles. The fourth-order valence-electron chi connectivity index (χ4n) is 4.72. The van der Waals surface area contributed by atoms with Crippen molar-refractivity contribution in [3.8, 4) is 0 Å². The van der Waals surface area contributed by atoms with Gasteiger partial charge in [-0.3, -0.25) is 19.9 Å². The lowest BCUT2D eigenvalue weighted by Crippen LogP contribution is -2.53. The zero-order chi connectivity index (χ0) is 23.9. The van der Waals surface area contributed by atoms with Gasteiger partial charge in [-0.25, -0.2) is 8.42 Å². The maximum atomic E-state index is 13.5. The van der Waals surface area contributed by atoms with E-state index < -0.39 is 19.8 Å². The summed E-state index contributed by atoms with van der Waals surface area (Å²) >= 11 is 1.66. The van der Waals surface area contributed by atoms with E-state index in [0.717, 1.165) is 11.1 Å². The summed E-state index contributed by atoms with van der Waals surface area (Å²) in [7, 11) is -3.76. The van der Waals surface area contributed by atoms with Gasteiger partial charge < -0.3 is 4.90 Å². The second-order valence-corrected chi connectivity index (χ2v) is 11.7. The van der Waals surface area contributed by atoms with Crippen LogP contribution in [-0.4, -0.2) is 63.7 Å². The zero-order valence-corrected chi connectivity index (χ0v) is 19.8. The smallest absolute Gasteiger partial charge is 0.270 e. The number of rotatable bonds is 4. The van der Waals surface area contributed by atoms with Gasteiger partial charge in [-0.2, -0.15) is 4.31 Å². The summed E-state index contributed by atoms with van der Waals surface area (Å²) in [6.07, 6.45) is 2.55. The molecule has 0 N–H and O–H groups in total. The largest absolute Gasteiger partial charge is 0.323 e. The summed E-state index contributed by atoms with van der Waals surface area (Å²) in [5.74, 6) is 0.476. The highest BCUT2D eigenvalue weighted by Crippen LogP contribution is 2.45. The number of carbonyl (C=O) groups is 1. The number of benzene rings is 2. The number of sulfonamides is 1. The monoisotopic (exact) mass is 498 g/mol. The Morgan fingerprint density at radius 3 is 2.56 bits per heavy atom. The first-order valence-corrected chi connectivity index (χ1v) is 13.3. The van der Waals surface area contributed by atoms with Crippen molar-refractivity contribution in [1.29, 1.82) is 0 Å². The molecule has 34 heavy (non-hydrogen) atoms. The van der Waals surface area contributed by atoms with Crippen LogP contribution < -0.4 is 0 Å². The average Bonchev–Trinajstić information content (AvgIpc) is 3.26. The second-order valence-electron chi connectivity index (χ2n) is 8.29. The van der Waals surface area contributed by atoms with Crippen molar-refractivity contribution in [2.24, 2.45) is 0 Å². The number of para-hydroxylation sites is 1. The van der Waals surface area contributed by atoms with Gasteiger partial charge in [0.05, 0.1) is 15.3 Å². The highest BCUT2D eigenvalue weighted by molar-refractivity contribution is 8.00.